The quantitative estimate of drug-likeness (QED) is 0.0263. The number of hydrogen-bond donors (Lipinski definition) is 3. The minimum atomic E-state index is -5.03. The summed E-state index contributed by atoms with van der Waals surface area (Å²) in [5.74, 6) is -1.91. The number of aromatic hydroxyl groups is 1. The van der Waals surface area contributed by atoms with Crippen molar-refractivity contribution in [2.24, 2.45) is 10.2 Å². The van der Waals surface area contributed by atoms with Crippen LogP contribution in [0.3, 0.4) is 0 Å². The smallest absolute Gasteiger partial charge is 0.726 e. The Balaban J connectivity index is 0.00000400. The van der Waals surface area contributed by atoms with Gasteiger partial charge in [-0.1, -0.05) is 13.5 Å². The Morgan fingerprint density at radius 3 is 2.12 bits per heavy atom. The van der Waals surface area contributed by atoms with Crippen molar-refractivity contribution in [3.63, 3.8) is 0 Å². The summed E-state index contributed by atoms with van der Waals surface area (Å²) in [5, 5.41) is 39.1. The fraction of sp³-hybridized carbons (Fsp3) is 0.143. The molecule has 0 saturated carbocycles. The zero-order chi connectivity index (χ0) is 33.5. The van der Waals surface area contributed by atoms with Gasteiger partial charge in [-0.25, -0.2) is 16.8 Å². The van der Waals surface area contributed by atoms with Crippen molar-refractivity contribution >= 4 is 77.6 Å². The first-order chi connectivity index (χ1) is 21.8. The van der Waals surface area contributed by atoms with Gasteiger partial charge in [-0.2, -0.15) is 9.45 Å². The maximum atomic E-state index is 12.7. The van der Waals surface area contributed by atoms with E-state index >= 15 is 0 Å². The van der Waals surface area contributed by atoms with E-state index < -0.39 is 38.5 Å². The normalized spacial score (nSPS) is 11.2. The molecule has 0 aromatic heterocycles. The summed E-state index contributed by atoms with van der Waals surface area (Å²) in [6.07, 6.45) is 0. The molecule has 0 radical (unpaired) electrons. The summed E-state index contributed by atoms with van der Waals surface area (Å²) in [6, 6.07) is 17.2. The molecule has 0 atom stereocenters. The van der Waals surface area contributed by atoms with Crippen LogP contribution in [0.4, 0.5) is 22.7 Å². The van der Waals surface area contributed by atoms with E-state index in [1.165, 1.54) is 61.5 Å². The SMILES string of the molecule is C.CC(=O)Nc1ccc2cc(SOO[O-])c(N=Nc3ccc(C(=O)Nc4ccc(S(=O)(=O)CCOS(=O)(=O)[O-])cc4)cc3)c(O)c2c1.[Na+].[Na+]. The summed E-state index contributed by atoms with van der Waals surface area (Å²) < 4.78 is 64.5. The van der Waals surface area contributed by atoms with Crippen LogP contribution in [-0.2, 0) is 38.6 Å². The van der Waals surface area contributed by atoms with E-state index in [4.69, 9.17) is 0 Å². The average Bonchev–Trinajstić information content (AvgIpc) is 2.99. The molecule has 0 unspecified atom stereocenters. The molecule has 49 heavy (non-hydrogen) atoms. The Bertz CT molecular complexity index is 2020. The third kappa shape index (κ3) is 13.0. The zero-order valence-corrected chi connectivity index (χ0v) is 31.8. The van der Waals surface area contributed by atoms with Crippen LogP contribution in [0.5, 0.6) is 5.75 Å². The Labute approximate surface area is 330 Å². The van der Waals surface area contributed by atoms with Crippen LogP contribution in [0.2, 0.25) is 0 Å². The van der Waals surface area contributed by atoms with Crippen LogP contribution in [0.1, 0.15) is 24.7 Å². The van der Waals surface area contributed by atoms with Crippen molar-refractivity contribution in [1.82, 2.24) is 0 Å². The Hall–Kier alpha value is -2.47. The van der Waals surface area contributed by atoms with Gasteiger partial charge >= 0.3 is 59.1 Å². The number of azo groups is 1. The summed E-state index contributed by atoms with van der Waals surface area (Å²) in [4.78, 5) is 24.2. The summed E-state index contributed by atoms with van der Waals surface area (Å²) in [5.41, 5.74) is 1.11. The van der Waals surface area contributed by atoms with Gasteiger partial charge in [0.25, 0.3) is 5.91 Å². The van der Waals surface area contributed by atoms with Gasteiger partial charge in [0.05, 0.1) is 39.9 Å². The van der Waals surface area contributed by atoms with E-state index in [1.54, 1.807) is 18.2 Å². The number of nitrogens with zero attached hydrogens (tertiary/aromatic N) is 2. The number of anilines is 2. The van der Waals surface area contributed by atoms with Crippen molar-refractivity contribution in [2.75, 3.05) is 23.0 Å². The van der Waals surface area contributed by atoms with Crippen molar-refractivity contribution in [2.45, 2.75) is 24.1 Å². The largest absolute Gasteiger partial charge is 1.00 e. The van der Waals surface area contributed by atoms with Crippen LogP contribution in [0, 0.1) is 0 Å². The first-order valence-corrected chi connectivity index (χ1v) is 16.4. The molecule has 16 nitrogen and oxygen atoms in total. The van der Waals surface area contributed by atoms with Gasteiger partial charge in [-0.05, 0) is 72.1 Å². The zero-order valence-electron chi connectivity index (χ0n) is 25.4. The molecule has 4 aromatic rings. The molecule has 0 spiro atoms. The number of sulfone groups is 1. The molecule has 3 N–H and O–H groups in total. The van der Waals surface area contributed by atoms with E-state index in [9.17, 15) is 41.3 Å². The Morgan fingerprint density at radius 1 is 0.898 bits per heavy atom. The van der Waals surface area contributed by atoms with Gasteiger partial charge < -0.3 is 25.6 Å². The molecule has 21 heteroatoms. The number of nitrogens with one attached hydrogen (secondary N) is 2. The molecule has 250 valence electrons. The number of amides is 2. The molecular formula is C28H26N4Na2O12S3. The van der Waals surface area contributed by atoms with Crippen molar-refractivity contribution in [3.8, 4) is 5.75 Å². The summed E-state index contributed by atoms with van der Waals surface area (Å²) in [6.45, 7) is 0.501. The van der Waals surface area contributed by atoms with E-state index in [-0.39, 0.29) is 111 Å². The van der Waals surface area contributed by atoms with Gasteiger partial charge in [-0.15, -0.1) is 5.11 Å². The molecule has 0 saturated heterocycles. The number of benzene rings is 4. The van der Waals surface area contributed by atoms with Crippen LogP contribution >= 0.6 is 12.0 Å². The number of fused-ring (bicyclic) bond motifs is 1. The van der Waals surface area contributed by atoms with Crippen LogP contribution in [0.15, 0.2) is 92.8 Å². The molecular weight excluding hydrogens is 727 g/mol. The second kappa shape index (κ2) is 19.8. The van der Waals surface area contributed by atoms with Crippen molar-refractivity contribution in [3.05, 3.63) is 78.4 Å². The van der Waals surface area contributed by atoms with Crippen LogP contribution in [0.25, 0.3) is 10.8 Å². The molecule has 0 bridgehead atoms. The Morgan fingerprint density at radius 2 is 1.53 bits per heavy atom. The van der Waals surface area contributed by atoms with Gasteiger partial charge in [0.15, 0.2) is 15.6 Å². The average molecular weight is 753 g/mol. The second-order valence-electron chi connectivity index (χ2n) is 9.18. The van der Waals surface area contributed by atoms with E-state index in [1.807, 2.05) is 0 Å². The van der Waals surface area contributed by atoms with Crippen LogP contribution < -0.4 is 75.0 Å². The topological polar surface area (TPSA) is 245 Å². The first kappa shape index (κ1) is 44.6. The standard InChI is InChI=1S/C27H24N4O12S3.CH4.2Na/c1-16(32)28-21-7-4-18-14-24(44-43-42-35)25(26(33)23(18)15-21)31-30-20-5-2-17(3-6-20)27(34)29-19-8-10-22(11-9-19)45(36,37)13-12-41-46(38,39)40;;;/h2-11,14-15,33,35H,12-13H2,1H3,(H,28,32)(H,29,34)(H,38,39,40);1H4;;/q;;2*+1/p-2. The molecule has 4 aromatic carbocycles. The predicted octanol–water partition coefficient (Wildman–Crippen LogP) is -1.70. The van der Waals surface area contributed by atoms with Gasteiger partial charge in [0.1, 0.15) is 5.69 Å². The monoisotopic (exact) mass is 752 g/mol. The third-order valence-corrected chi connectivity index (χ3v) is 8.73. The summed E-state index contributed by atoms with van der Waals surface area (Å²) in [7, 11) is -8.98. The molecule has 4 rings (SSSR count). The van der Waals surface area contributed by atoms with Gasteiger partial charge in [-0.3, -0.25) is 18.8 Å². The number of rotatable bonds is 13. The molecule has 2 amide bonds. The molecule has 0 aliphatic heterocycles. The van der Waals surface area contributed by atoms with Crippen molar-refractivity contribution in [1.29, 1.82) is 0 Å². The summed E-state index contributed by atoms with van der Waals surface area (Å²) >= 11 is 0.496. The number of hydrogen-bond acceptors (Lipinski definition) is 15. The fourth-order valence-corrected chi connectivity index (χ4v) is 5.91. The van der Waals surface area contributed by atoms with E-state index in [0.29, 0.717) is 28.5 Å². The fourth-order valence-electron chi connectivity index (χ4n) is 3.93. The molecule has 0 fully saturated rings. The number of phenols is 1. The maximum absolute atomic E-state index is 12.7. The minimum absolute atomic E-state index is 0. The van der Waals surface area contributed by atoms with E-state index in [2.05, 4.69) is 34.4 Å². The van der Waals surface area contributed by atoms with Gasteiger partial charge in [0.2, 0.25) is 16.3 Å². The third-order valence-electron chi connectivity index (χ3n) is 5.97. The number of phenolic OH excluding ortho intramolecular Hbond substituents is 1. The maximum Gasteiger partial charge on any atom is 1.00 e. The Kier molecular flexibility index (Phi) is 18.0. The number of carbonyl (C=O) groups is 2. The van der Waals surface area contributed by atoms with Crippen molar-refractivity contribution < 1.29 is 114 Å². The second-order valence-corrected chi connectivity index (χ2v) is 13.1. The van der Waals surface area contributed by atoms with Gasteiger partial charge in [0, 0.05) is 29.2 Å². The van der Waals surface area contributed by atoms with E-state index in [0.717, 1.165) is 0 Å². The predicted molar refractivity (Wildman–Crippen MR) is 167 cm³/mol. The molecule has 0 heterocycles. The minimum Gasteiger partial charge on any atom is -0.726 e. The first-order valence-electron chi connectivity index (χ1n) is 12.7. The molecule has 0 aliphatic carbocycles. The number of carbonyl (C=O) groups excluding carboxylic acids is 2. The molecule has 0 aliphatic rings. The van der Waals surface area contributed by atoms with Crippen LogP contribution in [-0.4, -0.2) is 50.7 Å².